The van der Waals surface area contributed by atoms with Crippen molar-refractivity contribution in [1.29, 1.82) is 0 Å². The zero-order valence-corrected chi connectivity index (χ0v) is 11.8. The van der Waals surface area contributed by atoms with Gasteiger partial charge in [0.2, 0.25) is 0 Å². The highest BCUT2D eigenvalue weighted by Gasteiger charge is 2.36. The minimum atomic E-state index is 0.858. The molecule has 3 rings (SSSR count). The summed E-state index contributed by atoms with van der Waals surface area (Å²) in [5.74, 6) is 0. The molecule has 0 amide bonds. The molecule has 0 aromatic heterocycles. The van der Waals surface area contributed by atoms with Crippen LogP contribution >= 0.6 is 0 Å². The number of rotatable bonds is 3. The van der Waals surface area contributed by atoms with Crippen LogP contribution in [0.2, 0.25) is 0 Å². The topological polar surface area (TPSA) is 21.8 Å². The fourth-order valence-corrected chi connectivity index (χ4v) is 3.66. The van der Waals surface area contributed by atoms with E-state index >= 15 is 0 Å². The minimum absolute atomic E-state index is 0.858. The zero-order chi connectivity index (χ0) is 12.4. The molecule has 0 aromatic carbocycles. The second-order valence-corrected chi connectivity index (χ2v) is 6.06. The molecule has 3 saturated heterocycles. The molecule has 18 heavy (non-hydrogen) atoms. The summed E-state index contributed by atoms with van der Waals surface area (Å²) >= 11 is 0. The molecule has 104 valence electrons. The molecule has 3 heterocycles. The molecule has 3 aliphatic rings. The van der Waals surface area contributed by atoms with E-state index in [4.69, 9.17) is 0 Å². The number of piperidine rings is 1. The van der Waals surface area contributed by atoms with Crippen LogP contribution in [0.25, 0.3) is 0 Å². The maximum atomic E-state index is 3.44. The second kappa shape index (κ2) is 5.87. The predicted octanol–water partition coefficient (Wildman–Crippen LogP) is 0.0601. The van der Waals surface area contributed by atoms with Crippen LogP contribution in [0.3, 0.4) is 0 Å². The van der Waals surface area contributed by atoms with Crippen LogP contribution in [0, 0.1) is 0 Å². The van der Waals surface area contributed by atoms with E-state index in [1.165, 1.54) is 71.7 Å². The third-order valence-electron chi connectivity index (χ3n) is 5.08. The smallest absolute Gasteiger partial charge is 0.0351 e. The van der Waals surface area contributed by atoms with Crippen molar-refractivity contribution in [1.82, 2.24) is 20.0 Å². The molecule has 3 fully saturated rings. The van der Waals surface area contributed by atoms with E-state index in [0.717, 1.165) is 12.1 Å². The molecule has 0 atom stereocenters. The van der Waals surface area contributed by atoms with Gasteiger partial charge in [0.1, 0.15) is 0 Å². The lowest BCUT2D eigenvalue weighted by Gasteiger charge is -2.51. The first-order valence-electron chi connectivity index (χ1n) is 7.78. The fourth-order valence-electron chi connectivity index (χ4n) is 3.66. The molecule has 0 bridgehead atoms. The van der Waals surface area contributed by atoms with Gasteiger partial charge in [0.05, 0.1) is 0 Å². The number of nitrogens with one attached hydrogen (secondary N) is 1. The van der Waals surface area contributed by atoms with Gasteiger partial charge >= 0.3 is 0 Å². The van der Waals surface area contributed by atoms with Crippen LogP contribution in [0.4, 0.5) is 0 Å². The summed E-state index contributed by atoms with van der Waals surface area (Å²) < 4.78 is 0. The van der Waals surface area contributed by atoms with Crippen LogP contribution in [-0.2, 0) is 0 Å². The molecule has 4 heteroatoms. The normalized spacial score (nSPS) is 30.5. The van der Waals surface area contributed by atoms with Gasteiger partial charge in [-0.25, -0.2) is 0 Å². The van der Waals surface area contributed by atoms with Gasteiger partial charge in [-0.2, -0.15) is 0 Å². The minimum Gasteiger partial charge on any atom is -0.314 e. The Morgan fingerprint density at radius 3 is 2.17 bits per heavy atom. The number of hydrogen-bond donors (Lipinski definition) is 1. The van der Waals surface area contributed by atoms with E-state index in [1.54, 1.807) is 0 Å². The molecule has 3 aliphatic heterocycles. The van der Waals surface area contributed by atoms with Crippen molar-refractivity contribution >= 4 is 0 Å². The van der Waals surface area contributed by atoms with Gasteiger partial charge in [-0.3, -0.25) is 9.80 Å². The monoisotopic (exact) mass is 252 g/mol. The third kappa shape index (κ3) is 2.72. The fraction of sp³-hybridized carbons (Fsp3) is 1.00. The van der Waals surface area contributed by atoms with Crippen molar-refractivity contribution in [2.75, 3.05) is 58.9 Å². The Kier molecular flexibility index (Phi) is 4.19. The maximum Gasteiger partial charge on any atom is 0.0351 e. The van der Waals surface area contributed by atoms with Crippen LogP contribution in [0.5, 0.6) is 0 Å². The van der Waals surface area contributed by atoms with Gasteiger partial charge in [-0.1, -0.05) is 6.92 Å². The van der Waals surface area contributed by atoms with Gasteiger partial charge in [-0.05, 0) is 32.5 Å². The highest BCUT2D eigenvalue weighted by Crippen LogP contribution is 2.24. The van der Waals surface area contributed by atoms with Crippen LogP contribution in [0.1, 0.15) is 19.8 Å². The average Bonchev–Trinajstić information content (AvgIpc) is 2.39. The summed E-state index contributed by atoms with van der Waals surface area (Å²) in [6.45, 7) is 13.7. The Bertz CT molecular complexity index is 251. The molecule has 1 N–H and O–H groups in total. The quantitative estimate of drug-likeness (QED) is 0.767. The molecule has 0 aliphatic carbocycles. The maximum absolute atomic E-state index is 3.44. The highest BCUT2D eigenvalue weighted by atomic mass is 15.3. The van der Waals surface area contributed by atoms with Crippen LogP contribution < -0.4 is 5.32 Å². The summed E-state index contributed by atoms with van der Waals surface area (Å²) in [4.78, 5) is 8.01. The van der Waals surface area contributed by atoms with Crippen molar-refractivity contribution in [2.24, 2.45) is 0 Å². The molecule has 0 aromatic rings. The van der Waals surface area contributed by atoms with Gasteiger partial charge in [0.15, 0.2) is 0 Å². The lowest BCUT2D eigenvalue weighted by molar-refractivity contribution is -0.0177. The second-order valence-electron chi connectivity index (χ2n) is 6.06. The summed E-state index contributed by atoms with van der Waals surface area (Å²) in [5, 5.41) is 3.44. The largest absolute Gasteiger partial charge is 0.314 e. The molecule has 0 unspecified atom stereocenters. The van der Waals surface area contributed by atoms with Crippen molar-refractivity contribution in [3.63, 3.8) is 0 Å². The number of likely N-dealkylation sites (tertiary alicyclic amines) is 2. The number of hydrogen-bond acceptors (Lipinski definition) is 4. The Morgan fingerprint density at radius 2 is 1.56 bits per heavy atom. The molecular formula is C14H28N4. The third-order valence-corrected chi connectivity index (χ3v) is 5.08. The van der Waals surface area contributed by atoms with Crippen LogP contribution in [0.15, 0.2) is 0 Å². The Hall–Kier alpha value is -0.160. The van der Waals surface area contributed by atoms with Gasteiger partial charge < -0.3 is 10.2 Å². The van der Waals surface area contributed by atoms with E-state index in [9.17, 15) is 0 Å². The van der Waals surface area contributed by atoms with E-state index in [0.29, 0.717) is 0 Å². The molecule has 0 radical (unpaired) electrons. The lowest BCUT2D eigenvalue weighted by atomic mass is 9.96. The SMILES string of the molecule is CCN1CCC(N2CC(N3CCNCC3)C2)CC1. The van der Waals surface area contributed by atoms with Crippen LogP contribution in [-0.4, -0.2) is 85.7 Å². The van der Waals surface area contributed by atoms with Crippen molar-refractivity contribution in [3.8, 4) is 0 Å². The van der Waals surface area contributed by atoms with Gasteiger partial charge in [0.25, 0.3) is 0 Å². The Balaban J connectivity index is 1.39. The number of nitrogens with zero attached hydrogens (tertiary/aromatic N) is 3. The standard InChI is InChI=1S/C14H28N4/c1-2-16-7-3-13(4-8-16)18-11-14(12-18)17-9-5-15-6-10-17/h13-15H,2-12H2,1H3. The lowest BCUT2D eigenvalue weighted by Crippen LogP contribution is -2.65. The molecular weight excluding hydrogens is 224 g/mol. The van der Waals surface area contributed by atoms with Crippen molar-refractivity contribution in [2.45, 2.75) is 31.8 Å². The molecule has 0 saturated carbocycles. The molecule has 4 nitrogen and oxygen atoms in total. The summed E-state index contributed by atoms with van der Waals surface area (Å²) in [5.41, 5.74) is 0. The first kappa shape index (κ1) is 12.9. The Labute approximate surface area is 111 Å². The van der Waals surface area contributed by atoms with E-state index < -0.39 is 0 Å². The number of piperazine rings is 1. The average molecular weight is 252 g/mol. The predicted molar refractivity (Wildman–Crippen MR) is 74.9 cm³/mol. The van der Waals surface area contributed by atoms with E-state index in [2.05, 4.69) is 26.9 Å². The zero-order valence-electron chi connectivity index (χ0n) is 11.8. The Morgan fingerprint density at radius 1 is 0.889 bits per heavy atom. The van der Waals surface area contributed by atoms with E-state index in [1.807, 2.05) is 0 Å². The first-order chi connectivity index (χ1) is 8.86. The van der Waals surface area contributed by atoms with Crippen molar-refractivity contribution in [3.05, 3.63) is 0 Å². The van der Waals surface area contributed by atoms with Crippen molar-refractivity contribution < 1.29 is 0 Å². The summed E-state index contributed by atoms with van der Waals surface area (Å²) in [6, 6.07) is 1.74. The summed E-state index contributed by atoms with van der Waals surface area (Å²) in [7, 11) is 0. The first-order valence-corrected chi connectivity index (χ1v) is 7.78. The van der Waals surface area contributed by atoms with Gasteiger partial charge in [-0.15, -0.1) is 0 Å². The summed E-state index contributed by atoms with van der Waals surface area (Å²) in [6.07, 6.45) is 2.78. The van der Waals surface area contributed by atoms with Gasteiger partial charge in [0, 0.05) is 51.4 Å². The highest BCUT2D eigenvalue weighted by molar-refractivity contribution is 4.94. The van der Waals surface area contributed by atoms with E-state index in [-0.39, 0.29) is 0 Å². The molecule has 0 spiro atoms.